The number of methoxy groups -OCH3 is 1. The van der Waals surface area contributed by atoms with Gasteiger partial charge in [0, 0.05) is 39.8 Å². The zero-order valence-corrected chi connectivity index (χ0v) is 13.9. The maximum Gasteiger partial charge on any atom is 0.317 e. The quantitative estimate of drug-likeness (QED) is 0.740. The number of hydrogen-bond donors (Lipinski definition) is 2. The average molecular weight is 337 g/mol. The van der Waals surface area contributed by atoms with Crippen molar-refractivity contribution in [2.75, 3.05) is 33.4 Å². The van der Waals surface area contributed by atoms with Gasteiger partial charge in [-0.3, -0.25) is 4.79 Å². The molecular weight excluding hydrogens is 313 g/mol. The minimum atomic E-state index is -2.03. The number of carbonyl (C=O) groups is 2. The number of amides is 3. The number of alkyl halides is 1. The van der Waals surface area contributed by atoms with Gasteiger partial charge in [0.1, 0.15) is 0 Å². The summed E-state index contributed by atoms with van der Waals surface area (Å²) in [7, 11) is 1.59. The lowest BCUT2D eigenvalue weighted by atomic mass is 10.0. The van der Waals surface area contributed by atoms with Crippen LogP contribution in [0.4, 0.5) is 9.18 Å². The molecule has 0 aromatic heterocycles. The molecule has 6 nitrogen and oxygen atoms in total. The van der Waals surface area contributed by atoms with Gasteiger partial charge in [-0.25, -0.2) is 9.18 Å². The van der Waals surface area contributed by atoms with Gasteiger partial charge in [-0.1, -0.05) is 30.3 Å². The van der Waals surface area contributed by atoms with E-state index in [-0.39, 0.29) is 32.1 Å². The second-order valence-corrected chi connectivity index (χ2v) is 5.88. The van der Waals surface area contributed by atoms with Crippen LogP contribution in [-0.4, -0.2) is 55.9 Å². The Morgan fingerprint density at radius 1 is 1.29 bits per heavy atom. The summed E-state index contributed by atoms with van der Waals surface area (Å²) in [6, 6.07) is 8.97. The lowest BCUT2D eigenvalue weighted by molar-refractivity contribution is -0.132. The van der Waals surface area contributed by atoms with Crippen molar-refractivity contribution in [1.82, 2.24) is 15.5 Å². The Morgan fingerprint density at radius 3 is 2.75 bits per heavy atom. The van der Waals surface area contributed by atoms with Crippen LogP contribution in [-0.2, 0) is 16.1 Å². The highest BCUT2D eigenvalue weighted by atomic mass is 19.1. The number of benzene rings is 1. The highest BCUT2D eigenvalue weighted by Crippen LogP contribution is 2.26. The molecule has 7 heteroatoms. The number of likely N-dealkylation sites (tertiary alicyclic amines) is 1. The molecule has 0 aliphatic carbocycles. The Morgan fingerprint density at radius 2 is 2.04 bits per heavy atom. The number of urea groups is 1. The van der Waals surface area contributed by atoms with Crippen molar-refractivity contribution in [1.29, 1.82) is 0 Å². The Kier molecular flexibility index (Phi) is 6.54. The molecule has 1 aromatic rings. The minimum Gasteiger partial charge on any atom is -0.385 e. The molecule has 1 aliphatic rings. The molecule has 1 heterocycles. The fourth-order valence-corrected chi connectivity index (χ4v) is 2.59. The number of halogens is 1. The van der Waals surface area contributed by atoms with Gasteiger partial charge in [0.25, 0.3) is 5.91 Å². The fourth-order valence-electron chi connectivity index (χ4n) is 2.59. The predicted octanol–water partition coefficient (Wildman–Crippen LogP) is 1.46. The van der Waals surface area contributed by atoms with Crippen molar-refractivity contribution in [3.05, 3.63) is 35.9 Å². The Balaban J connectivity index is 1.79. The first-order chi connectivity index (χ1) is 11.5. The van der Waals surface area contributed by atoms with Crippen LogP contribution >= 0.6 is 0 Å². The highest BCUT2D eigenvalue weighted by Gasteiger charge is 2.46. The zero-order chi connectivity index (χ0) is 17.4. The standard InChI is InChI=1S/C17H24FN3O3/c1-24-11-5-9-19-16(23)21-10-8-17(18,13-21)15(22)20-12-14-6-3-2-4-7-14/h2-4,6-7H,5,8-13H2,1H3,(H,19,23)(H,20,22). The fraction of sp³-hybridized carbons (Fsp3) is 0.529. The van der Waals surface area contributed by atoms with Gasteiger partial charge in [0.05, 0.1) is 6.54 Å². The maximum atomic E-state index is 14.8. The van der Waals surface area contributed by atoms with E-state index in [9.17, 15) is 14.0 Å². The van der Waals surface area contributed by atoms with E-state index in [0.717, 1.165) is 5.56 Å². The second kappa shape index (κ2) is 8.63. The Hall–Kier alpha value is -2.15. The Labute approximate surface area is 141 Å². The van der Waals surface area contributed by atoms with Gasteiger partial charge in [-0.15, -0.1) is 0 Å². The number of nitrogens with one attached hydrogen (secondary N) is 2. The summed E-state index contributed by atoms with van der Waals surface area (Å²) in [6.45, 7) is 1.29. The SMILES string of the molecule is COCCCNC(=O)N1CCC(F)(C(=O)NCc2ccccc2)C1. The molecule has 1 atom stereocenters. The molecule has 0 radical (unpaired) electrons. The molecule has 0 saturated carbocycles. The number of rotatable bonds is 7. The van der Waals surface area contributed by atoms with Crippen molar-refractivity contribution >= 4 is 11.9 Å². The van der Waals surface area contributed by atoms with Crippen molar-refractivity contribution in [2.24, 2.45) is 0 Å². The third-order valence-corrected chi connectivity index (χ3v) is 4.01. The summed E-state index contributed by atoms with van der Waals surface area (Å²) in [5.41, 5.74) is -1.13. The summed E-state index contributed by atoms with van der Waals surface area (Å²) in [6.07, 6.45) is 0.702. The molecule has 2 N–H and O–H groups in total. The van der Waals surface area contributed by atoms with Crippen LogP contribution in [0.2, 0.25) is 0 Å². The summed E-state index contributed by atoms with van der Waals surface area (Å²) >= 11 is 0. The third kappa shape index (κ3) is 4.92. The largest absolute Gasteiger partial charge is 0.385 e. The average Bonchev–Trinajstić information content (AvgIpc) is 3.01. The molecule has 24 heavy (non-hydrogen) atoms. The van der Waals surface area contributed by atoms with Crippen LogP contribution in [0.3, 0.4) is 0 Å². The first-order valence-corrected chi connectivity index (χ1v) is 8.08. The number of carbonyl (C=O) groups excluding carboxylic acids is 2. The van der Waals surface area contributed by atoms with E-state index in [0.29, 0.717) is 19.6 Å². The summed E-state index contributed by atoms with van der Waals surface area (Å²) in [5, 5.41) is 5.31. The minimum absolute atomic E-state index is 0.0130. The van der Waals surface area contributed by atoms with Gasteiger partial charge in [-0.05, 0) is 12.0 Å². The molecule has 1 fully saturated rings. The zero-order valence-electron chi connectivity index (χ0n) is 13.9. The lowest BCUT2D eigenvalue weighted by Gasteiger charge is -2.21. The van der Waals surface area contributed by atoms with E-state index < -0.39 is 11.6 Å². The molecular formula is C17H24FN3O3. The highest BCUT2D eigenvalue weighted by molar-refractivity contribution is 5.87. The predicted molar refractivity (Wildman–Crippen MR) is 88.2 cm³/mol. The third-order valence-electron chi connectivity index (χ3n) is 4.01. The first kappa shape index (κ1) is 18.2. The van der Waals surface area contributed by atoms with Crippen LogP contribution in [0.1, 0.15) is 18.4 Å². The summed E-state index contributed by atoms with van der Waals surface area (Å²) < 4.78 is 19.7. The van der Waals surface area contributed by atoms with E-state index in [1.54, 1.807) is 7.11 Å². The maximum absolute atomic E-state index is 14.8. The lowest BCUT2D eigenvalue weighted by Crippen LogP contribution is -2.47. The molecule has 1 unspecified atom stereocenters. The molecule has 1 aromatic carbocycles. The van der Waals surface area contributed by atoms with E-state index in [1.807, 2.05) is 30.3 Å². The van der Waals surface area contributed by atoms with Crippen molar-refractivity contribution < 1.29 is 18.7 Å². The van der Waals surface area contributed by atoms with E-state index in [4.69, 9.17) is 4.74 Å². The van der Waals surface area contributed by atoms with Gasteiger partial charge in [0.2, 0.25) is 5.67 Å². The van der Waals surface area contributed by atoms with Gasteiger partial charge >= 0.3 is 6.03 Å². The van der Waals surface area contributed by atoms with E-state index >= 15 is 0 Å². The van der Waals surface area contributed by atoms with E-state index in [2.05, 4.69) is 10.6 Å². The van der Waals surface area contributed by atoms with Crippen LogP contribution in [0.15, 0.2) is 30.3 Å². The number of nitrogens with zero attached hydrogens (tertiary/aromatic N) is 1. The Bertz CT molecular complexity index is 555. The smallest absolute Gasteiger partial charge is 0.317 e. The van der Waals surface area contributed by atoms with Gasteiger partial charge in [0.15, 0.2) is 0 Å². The van der Waals surface area contributed by atoms with Gasteiger partial charge in [-0.2, -0.15) is 0 Å². The summed E-state index contributed by atoms with van der Waals surface area (Å²) in [5.74, 6) is -0.666. The monoisotopic (exact) mass is 337 g/mol. The molecule has 132 valence electrons. The molecule has 1 saturated heterocycles. The topological polar surface area (TPSA) is 70.7 Å². The van der Waals surface area contributed by atoms with Crippen molar-refractivity contribution in [3.8, 4) is 0 Å². The number of hydrogen-bond acceptors (Lipinski definition) is 3. The second-order valence-electron chi connectivity index (χ2n) is 5.88. The normalized spacial score (nSPS) is 20.0. The van der Waals surface area contributed by atoms with E-state index in [1.165, 1.54) is 4.90 Å². The first-order valence-electron chi connectivity index (χ1n) is 8.08. The van der Waals surface area contributed by atoms with Crippen LogP contribution in [0, 0.1) is 0 Å². The van der Waals surface area contributed by atoms with Crippen molar-refractivity contribution in [3.63, 3.8) is 0 Å². The molecule has 2 rings (SSSR count). The summed E-state index contributed by atoms with van der Waals surface area (Å²) in [4.78, 5) is 25.5. The van der Waals surface area contributed by atoms with Crippen molar-refractivity contribution in [2.45, 2.75) is 25.1 Å². The van der Waals surface area contributed by atoms with Gasteiger partial charge < -0.3 is 20.3 Å². The van der Waals surface area contributed by atoms with Crippen LogP contribution in [0.5, 0.6) is 0 Å². The van der Waals surface area contributed by atoms with Crippen LogP contribution in [0.25, 0.3) is 0 Å². The van der Waals surface area contributed by atoms with Crippen LogP contribution < -0.4 is 10.6 Å². The number of ether oxygens (including phenoxy) is 1. The molecule has 3 amide bonds. The molecule has 0 spiro atoms. The molecule has 0 bridgehead atoms. The molecule has 1 aliphatic heterocycles.